The Balaban J connectivity index is 1.66. The van der Waals surface area contributed by atoms with E-state index in [0.29, 0.717) is 17.1 Å². The third-order valence-corrected chi connectivity index (χ3v) is 9.57. The molecule has 0 radical (unpaired) electrons. The largest absolute Gasteiger partial charge is 0.459 e. The number of carbonyl (C=O) groups is 3. The molecule has 0 saturated heterocycles. The summed E-state index contributed by atoms with van der Waals surface area (Å²) in [7, 11) is 0. The number of amides is 1. The second kappa shape index (κ2) is 15.2. The van der Waals surface area contributed by atoms with E-state index in [2.05, 4.69) is 73.9 Å². The van der Waals surface area contributed by atoms with E-state index in [4.69, 9.17) is 14.2 Å². The average molecular weight is 713 g/mol. The highest BCUT2D eigenvalue weighted by atomic mass is 16.6. The molecule has 10 heteroatoms. The Kier molecular flexibility index (Phi) is 11.3. The number of hydrogen-bond acceptors (Lipinski definition) is 9. The molecule has 5 rings (SSSR count). The topological polar surface area (TPSA) is 91.9 Å². The Labute approximate surface area is 309 Å². The van der Waals surface area contributed by atoms with Crippen molar-refractivity contribution in [2.75, 3.05) is 62.2 Å². The first-order chi connectivity index (χ1) is 24.6. The summed E-state index contributed by atoms with van der Waals surface area (Å²) in [5.74, 6) is 0.308. The van der Waals surface area contributed by atoms with Gasteiger partial charge in [0.1, 0.15) is 28.2 Å². The van der Waals surface area contributed by atoms with Crippen LogP contribution in [0.4, 0.5) is 11.4 Å². The summed E-state index contributed by atoms with van der Waals surface area (Å²) < 4.78 is 18.1. The first-order valence-electron chi connectivity index (χ1n) is 18.6. The molecule has 1 spiro atoms. The van der Waals surface area contributed by atoms with Gasteiger partial charge >= 0.3 is 11.9 Å². The van der Waals surface area contributed by atoms with Crippen molar-refractivity contribution in [3.05, 3.63) is 82.9 Å². The van der Waals surface area contributed by atoms with Crippen LogP contribution >= 0.6 is 0 Å². The number of benzene rings is 3. The molecular formula is C42H56N4O6. The molecule has 0 aliphatic carbocycles. The van der Waals surface area contributed by atoms with Crippen LogP contribution in [0.15, 0.2) is 60.7 Å². The van der Waals surface area contributed by atoms with Gasteiger partial charge in [-0.1, -0.05) is 30.3 Å². The van der Waals surface area contributed by atoms with Gasteiger partial charge in [-0.3, -0.25) is 19.3 Å². The first kappa shape index (κ1) is 38.7. The third kappa shape index (κ3) is 7.77. The Morgan fingerprint density at radius 2 is 1.15 bits per heavy atom. The maximum Gasteiger partial charge on any atom is 0.320 e. The molecule has 1 amide bonds. The minimum atomic E-state index is -1.04. The van der Waals surface area contributed by atoms with Gasteiger partial charge in [0.15, 0.2) is 0 Å². The molecule has 2 heterocycles. The molecule has 0 bridgehead atoms. The summed E-state index contributed by atoms with van der Waals surface area (Å²) in [5.41, 5.74) is 2.81. The molecule has 280 valence electrons. The molecule has 3 aromatic rings. The van der Waals surface area contributed by atoms with Crippen molar-refractivity contribution >= 4 is 29.2 Å². The molecule has 0 saturated carbocycles. The van der Waals surface area contributed by atoms with Crippen molar-refractivity contribution in [3.63, 3.8) is 0 Å². The van der Waals surface area contributed by atoms with Crippen LogP contribution in [-0.4, -0.2) is 91.2 Å². The number of fused-ring (bicyclic) bond motifs is 6. The second-order valence-corrected chi connectivity index (χ2v) is 15.4. The van der Waals surface area contributed by atoms with Crippen molar-refractivity contribution in [1.29, 1.82) is 0 Å². The summed E-state index contributed by atoms with van der Waals surface area (Å²) in [6, 6.07) is 20.3. The van der Waals surface area contributed by atoms with Gasteiger partial charge in [-0.05, 0) is 93.0 Å². The molecule has 2 aliphatic rings. The van der Waals surface area contributed by atoms with Crippen LogP contribution in [-0.2, 0) is 24.6 Å². The molecule has 0 unspecified atom stereocenters. The number of carbonyl (C=O) groups excluding carboxylic acids is 3. The number of anilines is 2. The minimum Gasteiger partial charge on any atom is -0.459 e. The summed E-state index contributed by atoms with van der Waals surface area (Å²) in [5, 5.41) is 0. The molecule has 0 N–H and O–H groups in total. The normalized spacial score (nSPS) is 14.4. The standard InChI is InChI=1S/C42H56N4O6/c1-11-44(12-2)29-19-21-33-35(25-29)50-36-26-30(45(13-3)14-4)20-22-34(36)42(33)32-18-16-15-17-31(32)39(49)46(42)24-23-43(27-37(47)51-40(5,6)7)28-38(48)52-41(8,9)10/h15-22,25-26H,11-14,23-24,27-28H2,1-10H3. The Morgan fingerprint density at radius 1 is 0.692 bits per heavy atom. The second-order valence-electron chi connectivity index (χ2n) is 15.4. The highest BCUT2D eigenvalue weighted by molar-refractivity contribution is 6.02. The van der Waals surface area contributed by atoms with Gasteiger partial charge in [0, 0.05) is 79.5 Å². The van der Waals surface area contributed by atoms with Crippen LogP contribution in [0.25, 0.3) is 0 Å². The van der Waals surface area contributed by atoms with E-state index in [-0.39, 0.29) is 32.1 Å². The van der Waals surface area contributed by atoms with Crippen LogP contribution in [0.2, 0.25) is 0 Å². The van der Waals surface area contributed by atoms with Crippen molar-refractivity contribution in [1.82, 2.24) is 9.80 Å². The summed E-state index contributed by atoms with van der Waals surface area (Å²) in [6.07, 6.45) is 0. The predicted octanol–water partition coefficient (Wildman–Crippen LogP) is 7.22. The number of hydrogen-bond donors (Lipinski definition) is 0. The fourth-order valence-corrected chi connectivity index (χ4v) is 7.47. The zero-order chi connectivity index (χ0) is 38.0. The van der Waals surface area contributed by atoms with E-state index in [9.17, 15) is 14.4 Å². The van der Waals surface area contributed by atoms with Gasteiger partial charge in [0.25, 0.3) is 5.91 Å². The van der Waals surface area contributed by atoms with Crippen LogP contribution in [0.1, 0.15) is 96.3 Å². The SMILES string of the molecule is CCN(CC)c1ccc2c(c1)Oc1cc(N(CC)CC)ccc1C21c2ccccc2C(=O)N1CCN(CC(=O)OC(C)(C)C)CC(=O)OC(C)(C)C. The van der Waals surface area contributed by atoms with E-state index in [1.165, 1.54) is 0 Å². The van der Waals surface area contributed by atoms with E-state index in [1.54, 1.807) is 4.90 Å². The highest BCUT2D eigenvalue weighted by Gasteiger charge is 2.56. The molecule has 10 nitrogen and oxygen atoms in total. The van der Waals surface area contributed by atoms with Gasteiger partial charge in [0.2, 0.25) is 0 Å². The maximum atomic E-state index is 14.7. The lowest BCUT2D eigenvalue weighted by Gasteiger charge is -2.45. The van der Waals surface area contributed by atoms with Crippen LogP contribution in [0, 0.1) is 0 Å². The number of esters is 2. The van der Waals surface area contributed by atoms with Gasteiger partial charge in [-0.25, -0.2) is 0 Å². The molecule has 2 aliphatic heterocycles. The van der Waals surface area contributed by atoms with Gasteiger partial charge in [-0.2, -0.15) is 0 Å². The van der Waals surface area contributed by atoms with Gasteiger partial charge in [-0.15, -0.1) is 0 Å². The van der Waals surface area contributed by atoms with E-state index in [0.717, 1.165) is 54.2 Å². The predicted molar refractivity (Wildman–Crippen MR) is 206 cm³/mol. The molecule has 0 aromatic heterocycles. The smallest absolute Gasteiger partial charge is 0.320 e. The molecule has 52 heavy (non-hydrogen) atoms. The Hall–Kier alpha value is -4.57. The molecular weight excluding hydrogens is 656 g/mol. The van der Waals surface area contributed by atoms with Gasteiger partial charge < -0.3 is 28.9 Å². The lowest BCUT2D eigenvalue weighted by Crippen LogP contribution is -2.51. The molecule has 3 aromatic carbocycles. The van der Waals surface area contributed by atoms with Crippen LogP contribution in [0.5, 0.6) is 11.5 Å². The average Bonchev–Trinajstić information content (AvgIpc) is 3.30. The highest BCUT2D eigenvalue weighted by Crippen LogP contribution is 2.58. The fourth-order valence-electron chi connectivity index (χ4n) is 7.47. The van der Waals surface area contributed by atoms with E-state index in [1.807, 2.05) is 70.7 Å². The maximum absolute atomic E-state index is 14.7. The summed E-state index contributed by atoms with van der Waals surface area (Å²) in [4.78, 5) is 49.2. The lowest BCUT2D eigenvalue weighted by atomic mass is 9.74. The third-order valence-electron chi connectivity index (χ3n) is 9.57. The molecule has 0 atom stereocenters. The summed E-state index contributed by atoms with van der Waals surface area (Å²) in [6.45, 7) is 22.8. The minimum absolute atomic E-state index is 0.135. The molecule has 0 fully saturated rings. The zero-order valence-electron chi connectivity index (χ0n) is 32.7. The summed E-state index contributed by atoms with van der Waals surface area (Å²) >= 11 is 0. The Bertz CT molecular complexity index is 1690. The van der Waals surface area contributed by atoms with E-state index >= 15 is 0 Å². The van der Waals surface area contributed by atoms with Gasteiger partial charge in [0.05, 0.1) is 13.1 Å². The lowest BCUT2D eigenvalue weighted by molar-refractivity contribution is -0.159. The van der Waals surface area contributed by atoms with Crippen molar-refractivity contribution in [2.45, 2.75) is 86.0 Å². The number of nitrogens with zero attached hydrogens (tertiary/aromatic N) is 4. The zero-order valence-corrected chi connectivity index (χ0v) is 32.7. The first-order valence-corrected chi connectivity index (χ1v) is 18.6. The fraction of sp³-hybridized carbons (Fsp3) is 0.500. The Morgan fingerprint density at radius 3 is 1.60 bits per heavy atom. The van der Waals surface area contributed by atoms with E-state index < -0.39 is 28.7 Å². The van der Waals surface area contributed by atoms with Crippen molar-refractivity contribution in [2.24, 2.45) is 0 Å². The number of ether oxygens (including phenoxy) is 3. The number of rotatable bonds is 13. The van der Waals surface area contributed by atoms with Crippen molar-refractivity contribution in [3.8, 4) is 11.5 Å². The van der Waals surface area contributed by atoms with Crippen molar-refractivity contribution < 1.29 is 28.6 Å². The quantitative estimate of drug-likeness (QED) is 0.171. The monoisotopic (exact) mass is 712 g/mol. The van der Waals surface area contributed by atoms with Crippen LogP contribution < -0.4 is 14.5 Å². The van der Waals surface area contributed by atoms with Crippen LogP contribution in [0.3, 0.4) is 0 Å².